The summed E-state index contributed by atoms with van der Waals surface area (Å²) in [6, 6.07) is 1.82. The number of hydrogen-bond donors (Lipinski definition) is 2. The molecule has 0 radical (unpaired) electrons. The normalized spacial score (nSPS) is 15.4. The van der Waals surface area contributed by atoms with Crippen LogP contribution >= 0.6 is 0 Å². The number of rotatable bonds is 4. The van der Waals surface area contributed by atoms with Crippen LogP contribution in [-0.2, 0) is 16.5 Å². The summed E-state index contributed by atoms with van der Waals surface area (Å²) in [5, 5.41) is 12.1. The van der Waals surface area contributed by atoms with Crippen LogP contribution in [0.1, 0.15) is 46.2 Å². The Balaban J connectivity index is 2.41. The topological polar surface area (TPSA) is 80.0 Å². The molecule has 0 bridgehead atoms. The van der Waals surface area contributed by atoms with Crippen molar-refractivity contribution >= 4 is 23.0 Å². The lowest BCUT2D eigenvalue weighted by Crippen LogP contribution is -2.36. The van der Waals surface area contributed by atoms with Gasteiger partial charge in [-0.15, -0.1) is 0 Å². The van der Waals surface area contributed by atoms with E-state index in [2.05, 4.69) is 15.3 Å². The standard InChI is InChI=1S/C17H20F6N4O2/c1-14(2,3)27-12-9(5-6-10(25-12)17(21,22)23)24-13(27)26-11(28)7-15(4,29)8-16(18,19)20/h5-6,29H,7-8H2,1-4H3,(H,24,26,28). The Morgan fingerprint density at radius 3 is 2.14 bits per heavy atom. The first-order chi connectivity index (χ1) is 12.9. The number of amides is 1. The lowest BCUT2D eigenvalue weighted by molar-refractivity contribution is -0.174. The molecule has 0 aliphatic heterocycles. The maximum Gasteiger partial charge on any atom is 0.433 e. The van der Waals surface area contributed by atoms with E-state index >= 15 is 0 Å². The van der Waals surface area contributed by atoms with Gasteiger partial charge in [-0.25, -0.2) is 9.97 Å². The van der Waals surface area contributed by atoms with E-state index in [0.29, 0.717) is 0 Å². The first-order valence-electron chi connectivity index (χ1n) is 8.45. The van der Waals surface area contributed by atoms with Gasteiger partial charge in [-0.2, -0.15) is 26.3 Å². The predicted octanol–water partition coefficient (Wildman–Crippen LogP) is 4.24. The molecular weight excluding hydrogens is 406 g/mol. The lowest BCUT2D eigenvalue weighted by atomic mass is 9.97. The number of halogens is 6. The molecule has 12 heteroatoms. The summed E-state index contributed by atoms with van der Waals surface area (Å²) >= 11 is 0. The van der Waals surface area contributed by atoms with Crippen molar-refractivity contribution in [1.29, 1.82) is 0 Å². The van der Waals surface area contributed by atoms with Crippen molar-refractivity contribution in [3.8, 4) is 0 Å². The van der Waals surface area contributed by atoms with E-state index in [0.717, 1.165) is 19.1 Å². The Labute approximate surface area is 161 Å². The molecule has 0 saturated carbocycles. The molecule has 2 aromatic rings. The Kier molecular flexibility index (Phi) is 5.65. The summed E-state index contributed by atoms with van der Waals surface area (Å²) in [4.78, 5) is 19.8. The van der Waals surface area contributed by atoms with Gasteiger partial charge >= 0.3 is 12.4 Å². The van der Waals surface area contributed by atoms with E-state index in [1.54, 1.807) is 20.8 Å². The highest BCUT2D eigenvalue weighted by Gasteiger charge is 2.40. The van der Waals surface area contributed by atoms with E-state index in [-0.39, 0.29) is 17.1 Å². The number of carbonyl (C=O) groups is 1. The highest BCUT2D eigenvalue weighted by Crippen LogP contribution is 2.33. The van der Waals surface area contributed by atoms with Crippen LogP contribution in [0.15, 0.2) is 12.1 Å². The molecule has 29 heavy (non-hydrogen) atoms. The van der Waals surface area contributed by atoms with E-state index in [1.165, 1.54) is 4.57 Å². The van der Waals surface area contributed by atoms with Crippen LogP contribution in [0.5, 0.6) is 0 Å². The number of hydrogen-bond acceptors (Lipinski definition) is 4. The van der Waals surface area contributed by atoms with Gasteiger partial charge in [0, 0.05) is 5.54 Å². The molecule has 2 N–H and O–H groups in total. The Bertz CT molecular complexity index is 909. The van der Waals surface area contributed by atoms with Gasteiger partial charge in [-0.1, -0.05) is 0 Å². The van der Waals surface area contributed by atoms with Crippen LogP contribution in [-0.4, -0.2) is 37.3 Å². The summed E-state index contributed by atoms with van der Waals surface area (Å²) in [7, 11) is 0. The summed E-state index contributed by atoms with van der Waals surface area (Å²) in [6.45, 7) is 5.76. The molecule has 1 atom stereocenters. The Hall–Kier alpha value is -2.37. The van der Waals surface area contributed by atoms with Gasteiger partial charge in [0.2, 0.25) is 11.9 Å². The minimum Gasteiger partial charge on any atom is -0.389 e. The fourth-order valence-electron chi connectivity index (χ4n) is 2.84. The first kappa shape index (κ1) is 22.9. The predicted molar refractivity (Wildman–Crippen MR) is 92.1 cm³/mol. The van der Waals surface area contributed by atoms with Gasteiger partial charge in [-0.3, -0.25) is 14.7 Å². The zero-order valence-corrected chi connectivity index (χ0v) is 16.0. The minimum absolute atomic E-state index is 0.0604. The second kappa shape index (κ2) is 7.15. The van der Waals surface area contributed by atoms with Crippen molar-refractivity contribution in [2.24, 2.45) is 0 Å². The third-order valence-corrected chi connectivity index (χ3v) is 3.84. The molecule has 6 nitrogen and oxygen atoms in total. The first-order valence-corrected chi connectivity index (χ1v) is 8.45. The highest BCUT2D eigenvalue weighted by atomic mass is 19.4. The molecule has 0 aromatic carbocycles. The maximum atomic E-state index is 13.0. The molecule has 2 heterocycles. The average Bonchev–Trinajstić information content (AvgIpc) is 2.78. The number of pyridine rings is 1. The molecule has 2 rings (SSSR count). The fraction of sp³-hybridized carbons (Fsp3) is 0.588. The van der Waals surface area contributed by atoms with Gasteiger partial charge in [0.1, 0.15) is 11.2 Å². The van der Waals surface area contributed by atoms with Gasteiger partial charge < -0.3 is 5.11 Å². The quantitative estimate of drug-likeness (QED) is 0.717. The zero-order valence-electron chi connectivity index (χ0n) is 16.0. The Morgan fingerprint density at radius 1 is 1.07 bits per heavy atom. The van der Waals surface area contributed by atoms with Crippen molar-refractivity contribution in [1.82, 2.24) is 14.5 Å². The molecule has 1 amide bonds. The van der Waals surface area contributed by atoms with Gasteiger partial charge in [0.05, 0.1) is 18.4 Å². The molecule has 0 aliphatic rings. The van der Waals surface area contributed by atoms with Crippen LogP contribution in [0.25, 0.3) is 11.2 Å². The van der Waals surface area contributed by atoms with Crippen molar-refractivity contribution in [2.75, 3.05) is 5.32 Å². The van der Waals surface area contributed by atoms with E-state index in [1.807, 2.05) is 0 Å². The molecule has 0 aliphatic carbocycles. The lowest BCUT2D eigenvalue weighted by Gasteiger charge is -2.26. The van der Waals surface area contributed by atoms with Gasteiger partial charge in [0.15, 0.2) is 5.65 Å². The van der Waals surface area contributed by atoms with Crippen LogP contribution in [0.4, 0.5) is 32.3 Å². The van der Waals surface area contributed by atoms with Crippen molar-refractivity contribution in [3.05, 3.63) is 17.8 Å². The van der Waals surface area contributed by atoms with E-state index in [4.69, 9.17) is 0 Å². The smallest absolute Gasteiger partial charge is 0.389 e. The number of anilines is 1. The van der Waals surface area contributed by atoms with E-state index < -0.39 is 47.9 Å². The number of nitrogens with one attached hydrogen (secondary N) is 1. The van der Waals surface area contributed by atoms with Gasteiger partial charge in [0.25, 0.3) is 0 Å². The van der Waals surface area contributed by atoms with Crippen LogP contribution in [0.2, 0.25) is 0 Å². The molecule has 0 saturated heterocycles. The molecule has 1 unspecified atom stereocenters. The number of aromatic nitrogens is 3. The molecule has 2 aromatic heterocycles. The van der Waals surface area contributed by atoms with Gasteiger partial charge in [-0.05, 0) is 39.8 Å². The summed E-state index contributed by atoms with van der Waals surface area (Å²) < 4.78 is 77.8. The third-order valence-electron chi connectivity index (χ3n) is 3.84. The minimum atomic E-state index is -4.69. The third kappa shape index (κ3) is 5.81. The molecule has 0 fully saturated rings. The summed E-state index contributed by atoms with van der Waals surface area (Å²) in [6.07, 6.45) is -11.9. The second-order valence-electron chi connectivity index (χ2n) is 7.99. The fourth-order valence-corrected chi connectivity index (χ4v) is 2.84. The zero-order chi connectivity index (χ0) is 22.4. The van der Waals surface area contributed by atoms with Crippen LogP contribution in [0, 0.1) is 0 Å². The van der Waals surface area contributed by atoms with Crippen molar-refractivity contribution < 1.29 is 36.2 Å². The number of imidazole rings is 1. The number of aliphatic hydroxyl groups is 1. The molecule has 162 valence electrons. The number of alkyl halides is 6. The van der Waals surface area contributed by atoms with E-state index in [9.17, 15) is 36.2 Å². The van der Waals surface area contributed by atoms with Crippen LogP contribution < -0.4 is 5.32 Å². The highest BCUT2D eigenvalue weighted by molar-refractivity contribution is 5.91. The maximum absolute atomic E-state index is 13.0. The number of nitrogens with zero attached hydrogens (tertiary/aromatic N) is 3. The number of fused-ring (bicyclic) bond motifs is 1. The average molecular weight is 426 g/mol. The Morgan fingerprint density at radius 2 is 1.66 bits per heavy atom. The summed E-state index contributed by atoms with van der Waals surface area (Å²) in [5.41, 5.74) is -4.47. The molecule has 0 spiro atoms. The largest absolute Gasteiger partial charge is 0.433 e. The number of carbonyl (C=O) groups excluding carboxylic acids is 1. The van der Waals surface area contributed by atoms with Crippen molar-refractivity contribution in [2.45, 2.75) is 64.0 Å². The van der Waals surface area contributed by atoms with Crippen molar-refractivity contribution in [3.63, 3.8) is 0 Å². The van der Waals surface area contributed by atoms with Crippen LogP contribution in [0.3, 0.4) is 0 Å². The second-order valence-corrected chi connectivity index (χ2v) is 7.99. The monoisotopic (exact) mass is 426 g/mol. The SMILES string of the molecule is CC(O)(CC(=O)Nc1nc2ccc(C(F)(F)F)nc2n1C(C)(C)C)CC(F)(F)F. The summed E-state index contributed by atoms with van der Waals surface area (Å²) in [5.74, 6) is -1.16. The molecular formula is C17H20F6N4O2.